The number of hydrogen-bond donors (Lipinski definition) is 4. The lowest BCUT2D eigenvalue weighted by Crippen LogP contribution is -2.44. The van der Waals surface area contributed by atoms with E-state index in [9.17, 15) is 0 Å². The van der Waals surface area contributed by atoms with Crippen LogP contribution in [0.25, 0.3) is 0 Å². The minimum absolute atomic E-state index is 0.211. The Morgan fingerprint density at radius 2 is 1.75 bits per heavy atom. The first-order valence-electron chi connectivity index (χ1n) is 10.5. The van der Waals surface area contributed by atoms with Crippen molar-refractivity contribution in [3.05, 3.63) is 0 Å². The smallest absolute Gasteiger partial charge is 0.0562 e. The van der Waals surface area contributed by atoms with Crippen LogP contribution in [-0.2, 0) is 0 Å². The molecule has 0 bridgehead atoms. The summed E-state index contributed by atoms with van der Waals surface area (Å²) in [6, 6.07) is 0. The van der Waals surface area contributed by atoms with Crippen LogP contribution in [-0.4, -0.2) is 26.3 Å². The lowest BCUT2D eigenvalue weighted by Gasteiger charge is -2.36. The topological polar surface area (TPSA) is 90.1 Å². The van der Waals surface area contributed by atoms with E-state index in [4.69, 9.17) is 17.2 Å². The minimum atomic E-state index is -0.211. The first-order valence-corrected chi connectivity index (χ1v) is 10.5. The molecule has 0 aromatic carbocycles. The summed E-state index contributed by atoms with van der Waals surface area (Å²) in [5.41, 5.74) is 17.9. The Morgan fingerprint density at radius 1 is 1.04 bits per heavy atom. The molecule has 0 radical (unpaired) electrons. The highest BCUT2D eigenvalue weighted by Crippen LogP contribution is 2.38. The molecule has 1 fully saturated rings. The summed E-state index contributed by atoms with van der Waals surface area (Å²) in [4.78, 5) is 0. The molecule has 0 saturated heterocycles. The van der Waals surface area contributed by atoms with Crippen molar-refractivity contribution in [2.75, 3.05) is 20.1 Å². The van der Waals surface area contributed by atoms with E-state index in [2.05, 4.69) is 12.2 Å². The van der Waals surface area contributed by atoms with Crippen molar-refractivity contribution >= 4 is 0 Å². The second kappa shape index (κ2) is 13.1. The summed E-state index contributed by atoms with van der Waals surface area (Å²) in [6.07, 6.45) is 14.5. The van der Waals surface area contributed by atoms with Crippen molar-refractivity contribution in [1.82, 2.24) is 5.32 Å². The molecule has 1 saturated carbocycles. The number of hydrogen-bond acceptors (Lipinski definition) is 4. The van der Waals surface area contributed by atoms with Crippen LogP contribution in [0, 0.1) is 23.7 Å². The van der Waals surface area contributed by atoms with Gasteiger partial charge in [0.05, 0.1) is 6.17 Å². The molecule has 0 aromatic heterocycles. The molecular weight excluding hydrogens is 296 g/mol. The Bertz CT molecular complexity index is 289. The fraction of sp³-hybridized carbons (Fsp3) is 1.00. The van der Waals surface area contributed by atoms with Crippen LogP contribution in [0.4, 0.5) is 0 Å². The fourth-order valence-corrected chi connectivity index (χ4v) is 4.74. The van der Waals surface area contributed by atoms with Gasteiger partial charge in [-0.1, -0.05) is 51.9 Å². The summed E-state index contributed by atoms with van der Waals surface area (Å²) < 4.78 is 0. The van der Waals surface area contributed by atoms with Gasteiger partial charge >= 0.3 is 0 Å². The van der Waals surface area contributed by atoms with Crippen LogP contribution < -0.4 is 22.5 Å². The molecule has 3 atom stereocenters. The summed E-state index contributed by atoms with van der Waals surface area (Å²) in [7, 11) is 2.01. The number of nitrogens with one attached hydrogen (secondary N) is 1. The van der Waals surface area contributed by atoms with Crippen molar-refractivity contribution < 1.29 is 0 Å². The molecule has 1 aliphatic rings. The normalized spacial score (nSPS) is 20.2. The predicted molar refractivity (Wildman–Crippen MR) is 106 cm³/mol. The molecule has 0 amide bonds. The Morgan fingerprint density at radius 3 is 2.29 bits per heavy atom. The highest BCUT2D eigenvalue weighted by Gasteiger charge is 2.29. The maximum absolute atomic E-state index is 6.09. The molecule has 0 aliphatic heterocycles. The molecule has 24 heavy (non-hydrogen) atoms. The maximum atomic E-state index is 6.09. The van der Waals surface area contributed by atoms with E-state index in [1.807, 2.05) is 7.05 Å². The second-order valence-corrected chi connectivity index (χ2v) is 8.11. The van der Waals surface area contributed by atoms with Crippen molar-refractivity contribution in [2.24, 2.45) is 40.9 Å². The molecule has 144 valence electrons. The molecule has 1 rings (SSSR count). The average molecular weight is 341 g/mol. The number of rotatable bonds is 13. The van der Waals surface area contributed by atoms with Crippen molar-refractivity contribution in [3.8, 4) is 0 Å². The van der Waals surface area contributed by atoms with Crippen LogP contribution in [0.15, 0.2) is 0 Å². The van der Waals surface area contributed by atoms with Crippen LogP contribution in [0.5, 0.6) is 0 Å². The summed E-state index contributed by atoms with van der Waals surface area (Å²) in [5, 5.41) is 3.29. The van der Waals surface area contributed by atoms with E-state index < -0.39 is 0 Å². The van der Waals surface area contributed by atoms with E-state index in [1.165, 1.54) is 70.6 Å². The number of nitrogens with two attached hydrogens (primary N) is 3. The largest absolute Gasteiger partial charge is 0.330 e. The van der Waals surface area contributed by atoms with Crippen molar-refractivity contribution in [2.45, 2.75) is 83.7 Å². The monoisotopic (exact) mass is 340 g/mol. The molecule has 7 N–H and O–H groups in total. The zero-order valence-electron chi connectivity index (χ0n) is 16.3. The molecule has 4 nitrogen and oxygen atoms in total. The zero-order chi connectivity index (χ0) is 17.8. The second-order valence-electron chi connectivity index (χ2n) is 8.11. The minimum Gasteiger partial charge on any atom is -0.330 e. The van der Waals surface area contributed by atoms with Crippen LogP contribution in [0.3, 0.4) is 0 Å². The fourth-order valence-electron chi connectivity index (χ4n) is 4.74. The summed E-state index contributed by atoms with van der Waals surface area (Å²) in [5.74, 6) is 2.88. The molecule has 0 aromatic rings. The van der Waals surface area contributed by atoms with Gasteiger partial charge in [0.25, 0.3) is 0 Å². The SMILES string of the molecule is CCCC(CCCN)CC(CC(CNC)C(N)N)C1CCCCC1. The van der Waals surface area contributed by atoms with Gasteiger partial charge in [-0.2, -0.15) is 0 Å². The van der Waals surface area contributed by atoms with Crippen LogP contribution in [0.1, 0.15) is 77.6 Å². The Hall–Kier alpha value is -0.160. The standard InChI is InChI=1S/C20H44N4/c1-3-8-16(9-7-12-21)13-18(17-10-5-4-6-11-17)14-19(15-24-2)20(22)23/h16-20,24H,3-15,21-23H2,1-2H3. The van der Waals surface area contributed by atoms with Gasteiger partial charge < -0.3 is 22.5 Å². The van der Waals surface area contributed by atoms with E-state index in [-0.39, 0.29) is 6.17 Å². The van der Waals surface area contributed by atoms with E-state index in [0.29, 0.717) is 5.92 Å². The lowest BCUT2D eigenvalue weighted by molar-refractivity contribution is 0.160. The Labute approximate surface area is 150 Å². The summed E-state index contributed by atoms with van der Waals surface area (Å²) in [6.45, 7) is 4.07. The highest BCUT2D eigenvalue weighted by atomic mass is 14.9. The van der Waals surface area contributed by atoms with Crippen LogP contribution in [0.2, 0.25) is 0 Å². The van der Waals surface area contributed by atoms with Gasteiger partial charge in [-0.05, 0) is 62.9 Å². The molecular formula is C20H44N4. The maximum Gasteiger partial charge on any atom is 0.0562 e. The van der Waals surface area contributed by atoms with Gasteiger partial charge in [0.1, 0.15) is 0 Å². The van der Waals surface area contributed by atoms with Gasteiger partial charge in [-0.15, -0.1) is 0 Å². The molecule has 3 unspecified atom stereocenters. The first kappa shape index (κ1) is 21.9. The van der Waals surface area contributed by atoms with Crippen molar-refractivity contribution in [3.63, 3.8) is 0 Å². The molecule has 1 aliphatic carbocycles. The van der Waals surface area contributed by atoms with Crippen LogP contribution >= 0.6 is 0 Å². The predicted octanol–water partition coefficient (Wildman–Crippen LogP) is 3.20. The lowest BCUT2D eigenvalue weighted by atomic mass is 9.71. The van der Waals surface area contributed by atoms with E-state index in [1.54, 1.807) is 0 Å². The molecule has 0 spiro atoms. The first-order chi connectivity index (χ1) is 11.6. The zero-order valence-corrected chi connectivity index (χ0v) is 16.3. The Kier molecular flexibility index (Phi) is 11.9. The van der Waals surface area contributed by atoms with Gasteiger partial charge in [-0.3, -0.25) is 0 Å². The molecule has 4 heteroatoms. The highest BCUT2D eigenvalue weighted by molar-refractivity contribution is 4.82. The third-order valence-corrected chi connectivity index (χ3v) is 6.08. The van der Waals surface area contributed by atoms with Gasteiger partial charge in [0, 0.05) is 6.54 Å². The average Bonchev–Trinajstić information content (AvgIpc) is 2.59. The van der Waals surface area contributed by atoms with Gasteiger partial charge in [-0.25, -0.2) is 0 Å². The third kappa shape index (κ3) is 8.28. The third-order valence-electron chi connectivity index (χ3n) is 6.08. The van der Waals surface area contributed by atoms with E-state index >= 15 is 0 Å². The Balaban J connectivity index is 2.73. The summed E-state index contributed by atoms with van der Waals surface area (Å²) >= 11 is 0. The van der Waals surface area contributed by atoms with E-state index in [0.717, 1.165) is 30.8 Å². The quantitative estimate of drug-likeness (QED) is 0.388. The van der Waals surface area contributed by atoms with Crippen molar-refractivity contribution in [1.29, 1.82) is 0 Å². The van der Waals surface area contributed by atoms with Gasteiger partial charge in [0.2, 0.25) is 0 Å². The van der Waals surface area contributed by atoms with Gasteiger partial charge in [0.15, 0.2) is 0 Å². The molecule has 0 heterocycles.